The summed E-state index contributed by atoms with van der Waals surface area (Å²) in [6, 6.07) is 16.4. The van der Waals surface area contributed by atoms with Crippen LogP contribution in [-0.4, -0.2) is 11.5 Å². The number of nitrogens with two attached hydrogens (primary N) is 1. The Morgan fingerprint density at radius 3 is 2.71 bits per heavy atom. The van der Waals surface area contributed by atoms with Gasteiger partial charge in [-0.3, -0.25) is 0 Å². The van der Waals surface area contributed by atoms with Crippen molar-refractivity contribution >= 4 is 10.9 Å². The first kappa shape index (κ1) is 13.7. The van der Waals surface area contributed by atoms with Crippen LogP contribution >= 0.6 is 0 Å². The standard InChI is InChI=1S/C18H20N2O/c19-10-4-7-15-12-20-18-11-16(8-9-17(15)18)21-13-14-5-2-1-3-6-14/h1-3,5-6,8-9,11-12,20H,4,7,10,13,19H2. The third-order valence-corrected chi connectivity index (χ3v) is 3.64. The molecule has 0 aliphatic heterocycles. The maximum absolute atomic E-state index is 5.85. The van der Waals surface area contributed by atoms with Crippen molar-refractivity contribution in [2.75, 3.05) is 6.54 Å². The smallest absolute Gasteiger partial charge is 0.121 e. The molecule has 0 amide bonds. The number of benzene rings is 2. The number of H-pyrrole nitrogens is 1. The van der Waals surface area contributed by atoms with Crippen LogP contribution < -0.4 is 10.5 Å². The van der Waals surface area contributed by atoms with Crippen molar-refractivity contribution in [1.29, 1.82) is 0 Å². The first-order valence-electron chi connectivity index (χ1n) is 7.33. The van der Waals surface area contributed by atoms with Gasteiger partial charge in [0.2, 0.25) is 0 Å². The normalized spacial score (nSPS) is 10.9. The Hall–Kier alpha value is -2.26. The Bertz CT molecular complexity index is 704. The second-order valence-electron chi connectivity index (χ2n) is 5.19. The predicted molar refractivity (Wildman–Crippen MR) is 86.4 cm³/mol. The number of ether oxygens (including phenoxy) is 1. The van der Waals surface area contributed by atoms with Crippen LogP contribution in [0.5, 0.6) is 5.75 Å². The molecule has 3 aromatic rings. The van der Waals surface area contributed by atoms with E-state index in [-0.39, 0.29) is 0 Å². The quantitative estimate of drug-likeness (QED) is 0.724. The van der Waals surface area contributed by atoms with E-state index >= 15 is 0 Å². The molecule has 0 fully saturated rings. The lowest BCUT2D eigenvalue weighted by Crippen LogP contribution is -1.99. The molecule has 2 aromatic carbocycles. The number of hydrogen-bond donors (Lipinski definition) is 2. The molecule has 3 heteroatoms. The van der Waals surface area contributed by atoms with Gasteiger partial charge in [-0.2, -0.15) is 0 Å². The van der Waals surface area contributed by atoms with Crippen LogP contribution in [0.1, 0.15) is 17.5 Å². The molecule has 0 saturated heterocycles. The monoisotopic (exact) mass is 280 g/mol. The molecule has 0 bridgehead atoms. The van der Waals surface area contributed by atoms with Gasteiger partial charge in [0.15, 0.2) is 0 Å². The lowest BCUT2D eigenvalue weighted by atomic mass is 10.1. The molecule has 0 aliphatic carbocycles. The molecule has 0 saturated carbocycles. The van der Waals surface area contributed by atoms with Gasteiger partial charge in [0, 0.05) is 23.2 Å². The SMILES string of the molecule is NCCCc1c[nH]c2cc(OCc3ccccc3)ccc12. The minimum Gasteiger partial charge on any atom is -0.489 e. The summed E-state index contributed by atoms with van der Waals surface area (Å²) < 4.78 is 5.85. The Morgan fingerprint density at radius 1 is 1.05 bits per heavy atom. The van der Waals surface area contributed by atoms with E-state index < -0.39 is 0 Å². The molecule has 108 valence electrons. The average Bonchev–Trinajstić information content (AvgIpc) is 2.94. The minimum atomic E-state index is 0.590. The van der Waals surface area contributed by atoms with Crippen LogP contribution in [0.4, 0.5) is 0 Å². The third-order valence-electron chi connectivity index (χ3n) is 3.64. The fourth-order valence-electron chi connectivity index (χ4n) is 2.50. The van der Waals surface area contributed by atoms with Gasteiger partial charge in [0.05, 0.1) is 0 Å². The molecule has 3 rings (SSSR count). The fraction of sp³-hybridized carbons (Fsp3) is 0.222. The van der Waals surface area contributed by atoms with Crippen molar-refractivity contribution in [3.63, 3.8) is 0 Å². The minimum absolute atomic E-state index is 0.590. The highest BCUT2D eigenvalue weighted by atomic mass is 16.5. The predicted octanol–water partition coefficient (Wildman–Crippen LogP) is 3.64. The van der Waals surface area contributed by atoms with E-state index in [0.717, 1.165) is 30.7 Å². The molecule has 0 aliphatic rings. The van der Waals surface area contributed by atoms with Gasteiger partial charge in [-0.25, -0.2) is 0 Å². The van der Waals surface area contributed by atoms with E-state index in [2.05, 4.69) is 35.4 Å². The topological polar surface area (TPSA) is 51.0 Å². The second-order valence-corrected chi connectivity index (χ2v) is 5.19. The molecule has 0 radical (unpaired) electrons. The van der Waals surface area contributed by atoms with Gasteiger partial charge in [-0.15, -0.1) is 0 Å². The molecule has 1 aromatic heterocycles. The largest absolute Gasteiger partial charge is 0.489 e. The van der Waals surface area contributed by atoms with Gasteiger partial charge in [-0.05, 0) is 42.6 Å². The molecule has 3 nitrogen and oxygen atoms in total. The molecule has 3 N–H and O–H groups in total. The number of rotatable bonds is 6. The second kappa shape index (κ2) is 6.46. The van der Waals surface area contributed by atoms with E-state index in [1.807, 2.05) is 24.3 Å². The molecule has 0 atom stereocenters. The molecule has 0 spiro atoms. The van der Waals surface area contributed by atoms with E-state index in [9.17, 15) is 0 Å². The number of aromatic nitrogens is 1. The summed E-state index contributed by atoms with van der Waals surface area (Å²) in [5, 5.41) is 1.26. The maximum atomic E-state index is 5.85. The van der Waals surface area contributed by atoms with Crippen molar-refractivity contribution < 1.29 is 4.74 Å². The van der Waals surface area contributed by atoms with E-state index in [1.165, 1.54) is 16.5 Å². The van der Waals surface area contributed by atoms with E-state index in [4.69, 9.17) is 10.5 Å². The molecular formula is C18H20N2O. The summed E-state index contributed by atoms with van der Waals surface area (Å²) in [6.07, 6.45) is 4.10. The Morgan fingerprint density at radius 2 is 1.90 bits per heavy atom. The van der Waals surface area contributed by atoms with Gasteiger partial charge >= 0.3 is 0 Å². The lowest BCUT2D eigenvalue weighted by Gasteiger charge is -2.06. The number of nitrogens with one attached hydrogen (secondary N) is 1. The third kappa shape index (κ3) is 3.26. The van der Waals surface area contributed by atoms with Gasteiger partial charge in [0.1, 0.15) is 12.4 Å². The Kier molecular flexibility index (Phi) is 4.22. The zero-order valence-corrected chi connectivity index (χ0v) is 12.0. The van der Waals surface area contributed by atoms with E-state index in [0.29, 0.717) is 6.61 Å². The summed E-state index contributed by atoms with van der Waals surface area (Å²) >= 11 is 0. The van der Waals surface area contributed by atoms with Crippen molar-refractivity contribution in [2.24, 2.45) is 5.73 Å². The number of aryl methyl sites for hydroxylation is 1. The van der Waals surface area contributed by atoms with Gasteiger partial charge < -0.3 is 15.5 Å². The van der Waals surface area contributed by atoms with Gasteiger partial charge in [0.25, 0.3) is 0 Å². The Labute approximate surface area is 124 Å². The highest BCUT2D eigenvalue weighted by Crippen LogP contribution is 2.24. The summed E-state index contributed by atoms with van der Waals surface area (Å²) in [5.41, 5.74) is 9.19. The van der Waals surface area contributed by atoms with Crippen molar-refractivity contribution in [3.8, 4) is 5.75 Å². The van der Waals surface area contributed by atoms with Crippen LogP contribution in [0.2, 0.25) is 0 Å². The first-order chi connectivity index (χ1) is 10.4. The van der Waals surface area contributed by atoms with Crippen LogP contribution in [0.25, 0.3) is 10.9 Å². The van der Waals surface area contributed by atoms with Gasteiger partial charge in [-0.1, -0.05) is 30.3 Å². The van der Waals surface area contributed by atoms with E-state index in [1.54, 1.807) is 0 Å². The maximum Gasteiger partial charge on any atom is 0.121 e. The molecule has 1 heterocycles. The highest BCUT2D eigenvalue weighted by Gasteiger charge is 2.05. The van der Waals surface area contributed by atoms with Crippen LogP contribution in [0.3, 0.4) is 0 Å². The van der Waals surface area contributed by atoms with Crippen molar-refractivity contribution in [2.45, 2.75) is 19.4 Å². The summed E-state index contributed by atoms with van der Waals surface area (Å²) in [7, 11) is 0. The van der Waals surface area contributed by atoms with Crippen LogP contribution in [-0.2, 0) is 13.0 Å². The van der Waals surface area contributed by atoms with Crippen molar-refractivity contribution in [3.05, 3.63) is 65.9 Å². The number of aromatic amines is 1. The molecule has 21 heavy (non-hydrogen) atoms. The first-order valence-corrected chi connectivity index (χ1v) is 7.33. The zero-order chi connectivity index (χ0) is 14.5. The summed E-state index contributed by atoms with van der Waals surface area (Å²) in [4.78, 5) is 3.31. The lowest BCUT2D eigenvalue weighted by molar-refractivity contribution is 0.306. The fourth-order valence-corrected chi connectivity index (χ4v) is 2.50. The van der Waals surface area contributed by atoms with Crippen LogP contribution in [0, 0.1) is 0 Å². The highest BCUT2D eigenvalue weighted by molar-refractivity contribution is 5.84. The Balaban J connectivity index is 1.72. The zero-order valence-electron chi connectivity index (χ0n) is 12.0. The molecule has 0 unspecified atom stereocenters. The van der Waals surface area contributed by atoms with Crippen molar-refractivity contribution in [1.82, 2.24) is 4.98 Å². The molecular weight excluding hydrogens is 260 g/mol. The number of hydrogen-bond acceptors (Lipinski definition) is 2. The summed E-state index contributed by atoms with van der Waals surface area (Å²) in [6.45, 7) is 1.32. The average molecular weight is 280 g/mol. The van der Waals surface area contributed by atoms with Crippen LogP contribution in [0.15, 0.2) is 54.7 Å². The summed E-state index contributed by atoms with van der Waals surface area (Å²) in [5.74, 6) is 0.888. The number of fused-ring (bicyclic) bond motifs is 1.